The van der Waals surface area contributed by atoms with Crippen LogP contribution in [0.5, 0.6) is 0 Å². The molecule has 4 nitrogen and oxygen atoms in total. The Labute approximate surface area is 153 Å². The molecule has 0 fully saturated rings. The lowest BCUT2D eigenvalue weighted by molar-refractivity contribution is -0.118. The molecule has 0 atom stereocenters. The zero-order valence-electron chi connectivity index (χ0n) is 14.6. The number of anilines is 1. The van der Waals surface area contributed by atoms with Gasteiger partial charge in [-0.25, -0.2) is 0 Å². The second-order valence-electron chi connectivity index (χ2n) is 5.94. The van der Waals surface area contributed by atoms with E-state index in [4.69, 9.17) is 5.26 Å². The van der Waals surface area contributed by atoms with E-state index < -0.39 is 0 Å². The van der Waals surface area contributed by atoms with E-state index in [-0.39, 0.29) is 5.91 Å². The van der Waals surface area contributed by atoms with Gasteiger partial charge in [0.25, 0.3) is 0 Å². The molecule has 3 aromatic rings. The van der Waals surface area contributed by atoms with Crippen molar-refractivity contribution < 1.29 is 4.79 Å². The number of hydrogen-bond acceptors (Lipinski definition) is 3. The van der Waals surface area contributed by atoms with Crippen molar-refractivity contribution in [3.05, 3.63) is 84.2 Å². The maximum absolute atomic E-state index is 12.5. The molecule has 128 valence electrons. The normalized spacial score (nSPS) is 10.2. The molecule has 0 aliphatic rings. The summed E-state index contributed by atoms with van der Waals surface area (Å²) < 4.78 is 0. The summed E-state index contributed by atoms with van der Waals surface area (Å²) >= 11 is 0. The summed E-state index contributed by atoms with van der Waals surface area (Å²) in [6.45, 7) is 2.30. The SMILES string of the molecule is CCC(=O)N(Cc1cccc(-c2cccnc2)c1)c1cccc(C#N)c1. The Morgan fingerprint density at radius 1 is 1.08 bits per heavy atom. The van der Waals surface area contributed by atoms with Gasteiger partial charge in [0.15, 0.2) is 0 Å². The van der Waals surface area contributed by atoms with Crippen molar-refractivity contribution in [3.63, 3.8) is 0 Å². The largest absolute Gasteiger partial charge is 0.308 e. The monoisotopic (exact) mass is 341 g/mol. The fourth-order valence-corrected chi connectivity index (χ4v) is 2.82. The van der Waals surface area contributed by atoms with Crippen LogP contribution in [0.2, 0.25) is 0 Å². The Kier molecular flexibility index (Phi) is 5.40. The third kappa shape index (κ3) is 3.96. The summed E-state index contributed by atoms with van der Waals surface area (Å²) in [5.41, 5.74) is 4.40. The number of nitriles is 1. The predicted molar refractivity (Wildman–Crippen MR) is 102 cm³/mol. The van der Waals surface area contributed by atoms with Gasteiger partial charge < -0.3 is 4.90 Å². The molecule has 0 radical (unpaired) electrons. The van der Waals surface area contributed by atoms with Crippen molar-refractivity contribution >= 4 is 11.6 Å². The molecule has 1 heterocycles. The first-order chi connectivity index (χ1) is 12.7. The van der Waals surface area contributed by atoms with Gasteiger partial charge in [0.1, 0.15) is 0 Å². The molecular weight excluding hydrogens is 322 g/mol. The first-order valence-electron chi connectivity index (χ1n) is 8.51. The van der Waals surface area contributed by atoms with Gasteiger partial charge in [0.2, 0.25) is 5.91 Å². The summed E-state index contributed by atoms with van der Waals surface area (Å²) in [7, 11) is 0. The molecule has 0 saturated heterocycles. The van der Waals surface area contributed by atoms with Crippen LogP contribution in [0.3, 0.4) is 0 Å². The highest BCUT2D eigenvalue weighted by molar-refractivity contribution is 5.93. The molecule has 0 unspecified atom stereocenters. The van der Waals surface area contributed by atoms with Gasteiger partial charge in [-0.3, -0.25) is 9.78 Å². The first-order valence-corrected chi connectivity index (χ1v) is 8.51. The summed E-state index contributed by atoms with van der Waals surface area (Å²) in [4.78, 5) is 18.4. The van der Waals surface area contributed by atoms with E-state index in [1.807, 2.05) is 49.5 Å². The molecule has 3 rings (SSSR count). The van der Waals surface area contributed by atoms with Crippen LogP contribution in [0.1, 0.15) is 24.5 Å². The molecule has 2 aromatic carbocycles. The van der Waals surface area contributed by atoms with Gasteiger partial charge in [-0.2, -0.15) is 5.26 Å². The van der Waals surface area contributed by atoms with E-state index in [0.29, 0.717) is 18.5 Å². The fraction of sp³-hybridized carbons (Fsp3) is 0.136. The molecule has 0 saturated carbocycles. The third-order valence-corrected chi connectivity index (χ3v) is 4.15. The van der Waals surface area contributed by atoms with Crippen LogP contribution in [0.25, 0.3) is 11.1 Å². The second kappa shape index (κ2) is 8.09. The zero-order chi connectivity index (χ0) is 18.4. The maximum Gasteiger partial charge on any atom is 0.227 e. The van der Waals surface area contributed by atoms with Crippen LogP contribution < -0.4 is 4.90 Å². The molecule has 0 aliphatic heterocycles. The van der Waals surface area contributed by atoms with E-state index in [1.54, 1.807) is 29.3 Å². The number of aromatic nitrogens is 1. The standard InChI is InChI=1S/C22H19N3O/c1-2-22(26)25(21-10-4-6-17(13-21)14-23)16-18-7-3-8-19(12-18)20-9-5-11-24-15-20/h3-13,15H,2,16H2,1H3. The summed E-state index contributed by atoms with van der Waals surface area (Å²) in [6, 6.07) is 21.3. The Hall–Kier alpha value is -3.45. The second-order valence-corrected chi connectivity index (χ2v) is 5.94. The smallest absolute Gasteiger partial charge is 0.227 e. The van der Waals surface area contributed by atoms with E-state index in [9.17, 15) is 4.79 Å². The first kappa shape index (κ1) is 17.4. The van der Waals surface area contributed by atoms with Crippen LogP contribution >= 0.6 is 0 Å². The third-order valence-electron chi connectivity index (χ3n) is 4.15. The van der Waals surface area contributed by atoms with Gasteiger partial charge in [-0.05, 0) is 47.0 Å². The Bertz CT molecular complexity index is 945. The van der Waals surface area contributed by atoms with Crippen LogP contribution in [0.15, 0.2) is 73.1 Å². The zero-order valence-corrected chi connectivity index (χ0v) is 14.6. The Balaban J connectivity index is 1.93. The molecule has 26 heavy (non-hydrogen) atoms. The van der Waals surface area contributed by atoms with Crippen LogP contribution in [0.4, 0.5) is 5.69 Å². The fourth-order valence-electron chi connectivity index (χ4n) is 2.82. The van der Waals surface area contributed by atoms with E-state index in [1.165, 1.54) is 0 Å². The number of pyridine rings is 1. The number of carbonyl (C=O) groups excluding carboxylic acids is 1. The molecule has 4 heteroatoms. The van der Waals surface area contributed by atoms with Crippen molar-refractivity contribution in [2.24, 2.45) is 0 Å². The summed E-state index contributed by atoms with van der Waals surface area (Å²) in [5.74, 6) is 0.0203. The average molecular weight is 341 g/mol. The number of carbonyl (C=O) groups is 1. The average Bonchev–Trinajstić information content (AvgIpc) is 2.72. The number of nitrogens with zero attached hydrogens (tertiary/aromatic N) is 3. The van der Waals surface area contributed by atoms with E-state index >= 15 is 0 Å². The molecule has 1 aromatic heterocycles. The maximum atomic E-state index is 12.5. The minimum absolute atomic E-state index is 0.0203. The highest BCUT2D eigenvalue weighted by Gasteiger charge is 2.15. The van der Waals surface area contributed by atoms with Gasteiger partial charge in [-0.1, -0.05) is 37.3 Å². The molecule has 0 N–H and O–H groups in total. The van der Waals surface area contributed by atoms with Crippen LogP contribution in [-0.4, -0.2) is 10.9 Å². The number of benzene rings is 2. The van der Waals surface area contributed by atoms with Crippen molar-refractivity contribution in [2.45, 2.75) is 19.9 Å². The number of rotatable bonds is 5. The quantitative estimate of drug-likeness (QED) is 0.683. The minimum atomic E-state index is 0.0203. The lowest BCUT2D eigenvalue weighted by atomic mass is 10.0. The topological polar surface area (TPSA) is 57.0 Å². The van der Waals surface area contributed by atoms with Crippen molar-refractivity contribution in [1.82, 2.24) is 4.98 Å². The lowest BCUT2D eigenvalue weighted by Crippen LogP contribution is -2.29. The Morgan fingerprint density at radius 2 is 1.88 bits per heavy atom. The molecule has 1 amide bonds. The van der Waals surface area contributed by atoms with Gasteiger partial charge >= 0.3 is 0 Å². The van der Waals surface area contributed by atoms with Gasteiger partial charge in [0, 0.05) is 24.5 Å². The predicted octanol–water partition coefficient (Wildman–Crippen LogP) is 4.56. The van der Waals surface area contributed by atoms with Gasteiger partial charge in [-0.15, -0.1) is 0 Å². The number of hydrogen-bond donors (Lipinski definition) is 0. The van der Waals surface area contributed by atoms with Gasteiger partial charge in [0.05, 0.1) is 18.2 Å². The number of amides is 1. The highest BCUT2D eigenvalue weighted by Crippen LogP contribution is 2.23. The summed E-state index contributed by atoms with van der Waals surface area (Å²) in [6.07, 6.45) is 3.97. The molecule has 0 spiro atoms. The minimum Gasteiger partial charge on any atom is -0.308 e. The van der Waals surface area contributed by atoms with E-state index in [0.717, 1.165) is 22.4 Å². The molecular formula is C22H19N3O. The molecule has 0 aliphatic carbocycles. The lowest BCUT2D eigenvalue weighted by Gasteiger charge is -2.23. The van der Waals surface area contributed by atoms with Crippen molar-refractivity contribution in [1.29, 1.82) is 5.26 Å². The highest BCUT2D eigenvalue weighted by atomic mass is 16.2. The molecule has 0 bridgehead atoms. The van der Waals surface area contributed by atoms with Crippen molar-refractivity contribution in [2.75, 3.05) is 4.90 Å². The van der Waals surface area contributed by atoms with Crippen LogP contribution in [0, 0.1) is 11.3 Å². The Morgan fingerprint density at radius 3 is 2.62 bits per heavy atom. The van der Waals surface area contributed by atoms with Crippen LogP contribution in [-0.2, 0) is 11.3 Å². The van der Waals surface area contributed by atoms with Crippen molar-refractivity contribution in [3.8, 4) is 17.2 Å². The van der Waals surface area contributed by atoms with E-state index in [2.05, 4.69) is 17.1 Å². The summed E-state index contributed by atoms with van der Waals surface area (Å²) in [5, 5.41) is 9.13.